The quantitative estimate of drug-likeness (QED) is 0.786. The van der Waals surface area contributed by atoms with E-state index in [1.54, 1.807) is 18.2 Å². The van der Waals surface area contributed by atoms with E-state index in [0.29, 0.717) is 18.4 Å². The molecule has 3 N–H and O–H groups in total. The maximum Gasteiger partial charge on any atom is 0.147 e. The third kappa shape index (κ3) is 1.84. The first kappa shape index (κ1) is 10.4. The molecule has 0 saturated heterocycles. The van der Waals surface area contributed by atoms with Crippen LogP contribution in [0.3, 0.4) is 0 Å². The summed E-state index contributed by atoms with van der Waals surface area (Å²) in [7, 11) is 0. The fraction of sp³-hybridized carbons (Fsp3) is 0.500. The topological polar surface area (TPSA) is 46.2 Å². The van der Waals surface area contributed by atoms with E-state index in [0.717, 1.165) is 12.8 Å². The van der Waals surface area contributed by atoms with Crippen LogP contribution in [0.5, 0.6) is 5.75 Å². The lowest BCUT2D eigenvalue weighted by Gasteiger charge is -2.28. The molecule has 2 nitrogen and oxygen atoms in total. The van der Waals surface area contributed by atoms with Gasteiger partial charge in [-0.15, -0.1) is 0 Å². The predicted octanol–water partition coefficient (Wildman–Crippen LogP) is 2.67. The van der Waals surface area contributed by atoms with Crippen LogP contribution >= 0.6 is 0 Å². The van der Waals surface area contributed by atoms with Crippen LogP contribution in [0.1, 0.15) is 37.4 Å². The minimum atomic E-state index is -1.26. The largest absolute Gasteiger partial charge is 0.508 e. The number of phenols is 1. The van der Waals surface area contributed by atoms with Crippen molar-refractivity contribution in [1.29, 1.82) is 0 Å². The van der Waals surface area contributed by atoms with Crippen LogP contribution in [-0.4, -0.2) is 10.6 Å². The lowest BCUT2D eigenvalue weighted by molar-refractivity contribution is 0.190. The maximum absolute atomic E-state index is 14.2. The Kier molecular flexibility index (Phi) is 2.65. The SMILES string of the molecule is NC1(C(F)c2ccccc2O)CCCC1. The molecule has 3 heteroatoms. The monoisotopic (exact) mass is 209 g/mol. The molecule has 0 aromatic heterocycles. The smallest absolute Gasteiger partial charge is 0.147 e. The zero-order chi connectivity index (χ0) is 10.9. The second kappa shape index (κ2) is 3.81. The van der Waals surface area contributed by atoms with Gasteiger partial charge in [-0.1, -0.05) is 31.0 Å². The summed E-state index contributed by atoms with van der Waals surface area (Å²) in [5.41, 5.74) is 5.56. The van der Waals surface area contributed by atoms with Crippen molar-refractivity contribution in [2.24, 2.45) is 5.73 Å². The molecule has 0 bridgehead atoms. The molecule has 1 unspecified atom stereocenters. The van der Waals surface area contributed by atoms with Crippen LogP contribution in [0.15, 0.2) is 24.3 Å². The van der Waals surface area contributed by atoms with Gasteiger partial charge in [0.25, 0.3) is 0 Å². The highest BCUT2D eigenvalue weighted by Crippen LogP contribution is 2.42. The minimum absolute atomic E-state index is 0.00160. The lowest BCUT2D eigenvalue weighted by atomic mass is 9.88. The molecule has 82 valence electrons. The number of hydrogen-bond acceptors (Lipinski definition) is 2. The van der Waals surface area contributed by atoms with Gasteiger partial charge in [0.1, 0.15) is 11.9 Å². The number of hydrogen-bond donors (Lipinski definition) is 2. The zero-order valence-electron chi connectivity index (χ0n) is 8.62. The molecule has 1 fully saturated rings. The van der Waals surface area contributed by atoms with E-state index >= 15 is 0 Å². The molecular formula is C12H16FNO. The van der Waals surface area contributed by atoms with E-state index < -0.39 is 11.7 Å². The number of aromatic hydroxyl groups is 1. The molecular weight excluding hydrogens is 193 g/mol. The van der Waals surface area contributed by atoms with E-state index in [1.807, 2.05) is 0 Å². The van der Waals surface area contributed by atoms with Crippen molar-refractivity contribution in [2.75, 3.05) is 0 Å². The number of halogens is 1. The second-order valence-corrected chi connectivity index (χ2v) is 4.36. The third-order valence-electron chi connectivity index (χ3n) is 3.25. The Bertz CT molecular complexity index is 347. The number of phenolic OH excluding ortho intramolecular Hbond substituents is 1. The summed E-state index contributed by atoms with van der Waals surface area (Å²) in [5.74, 6) is 0.00160. The van der Waals surface area contributed by atoms with Crippen molar-refractivity contribution in [1.82, 2.24) is 0 Å². The Labute approximate surface area is 88.9 Å². The first-order valence-corrected chi connectivity index (χ1v) is 5.34. The van der Waals surface area contributed by atoms with Crippen molar-refractivity contribution < 1.29 is 9.50 Å². The van der Waals surface area contributed by atoms with Gasteiger partial charge in [-0.3, -0.25) is 0 Å². The van der Waals surface area contributed by atoms with Gasteiger partial charge in [-0.25, -0.2) is 4.39 Å². The van der Waals surface area contributed by atoms with Crippen molar-refractivity contribution in [2.45, 2.75) is 37.4 Å². The number of rotatable bonds is 2. The van der Waals surface area contributed by atoms with Crippen LogP contribution in [0, 0.1) is 0 Å². The van der Waals surface area contributed by atoms with Gasteiger partial charge in [0, 0.05) is 5.56 Å². The highest BCUT2D eigenvalue weighted by Gasteiger charge is 2.39. The summed E-state index contributed by atoms with van der Waals surface area (Å²) in [4.78, 5) is 0. The Balaban J connectivity index is 2.27. The Morgan fingerprint density at radius 2 is 1.87 bits per heavy atom. The molecule has 0 aliphatic heterocycles. The van der Waals surface area contributed by atoms with Crippen LogP contribution in [0.4, 0.5) is 4.39 Å². The molecule has 0 spiro atoms. The van der Waals surface area contributed by atoms with E-state index in [1.165, 1.54) is 6.07 Å². The molecule has 0 heterocycles. The number of para-hydroxylation sites is 1. The molecule has 15 heavy (non-hydrogen) atoms. The van der Waals surface area contributed by atoms with Crippen LogP contribution in [0.2, 0.25) is 0 Å². The van der Waals surface area contributed by atoms with Crippen molar-refractivity contribution in [3.8, 4) is 5.75 Å². The predicted molar refractivity (Wildman–Crippen MR) is 57.3 cm³/mol. The Morgan fingerprint density at radius 3 is 2.47 bits per heavy atom. The summed E-state index contributed by atoms with van der Waals surface area (Å²) in [6.07, 6.45) is 2.08. The highest BCUT2D eigenvalue weighted by atomic mass is 19.1. The number of benzene rings is 1. The van der Waals surface area contributed by atoms with Gasteiger partial charge in [0.2, 0.25) is 0 Å². The molecule has 0 radical (unpaired) electrons. The first-order valence-electron chi connectivity index (χ1n) is 5.34. The summed E-state index contributed by atoms with van der Waals surface area (Å²) in [6, 6.07) is 6.51. The fourth-order valence-corrected chi connectivity index (χ4v) is 2.30. The summed E-state index contributed by atoms with van der Waals surface area (Å²) < 4.78 is 14.2. The summed E-state index contributed by atoms with van der Waals surface area (Å²) in [6.45, 7) is 0. The van der Waals surface area contributed by atoms with Crippen molar-refractivity contribution >= 4 is 0 Å². The summed E-state index contributed by atoms with van der Waals surface area (Å²) >= 11 is 0. The van der Waals surface area contributed by atoms with Gasteiger partial charge < -0.3 is 10.8 Å². The summed E-state index contributed by atoms with van der Waals surface area (Å²) in [5, 5.41) is 9.56. The van der Waals surface area contributed by atoms with Gasteiger partial charge in [-0.2, -0.15) is 0 Å². The second-order valence-electron chi connectivity index (χ2n) is 4.36. The van der Waals surface area contributed by atoms with Gasteiger partial charge in [0.15, 0.2) is 0 Å². The van der Waals surface area contributed by atoms with Crippen LogP contribution in [-0.2, 0) is 0 Å². The first-order chi connectivity index (χ1) is 7.13. The lowest BCUT2D eigenvalue weighted by Crippen LogP contribution is -2.41. The van der Waals surface area contributed by atoms with Crippen molar-refractivity contribution in [3.05, 3.63) is 29.8 Å². The van der Waals surface area contributed by atoms with E-state index in [2.05, 4.69) is 0 Å². The highest BCUT2D eigenvalue weighted by molar-refractivity contribution is 5.35. The van der Waals surface area contributed by atoms with Crippen LogP contribution in [0.25, 0.3) is 0 Å². The molecule has 1 aliphatic carbocycles. The fourth-order valence-electron chi connectivity index (χ4n) is 2.30. The Hall–Kier alpha value is -1.09. The maximum atomic E-state index is 14.2. The number of alkyl halides is 1. The molecule has 1 aromatic carbocycles. The van der Waals surface area contributed by atoms with Gasteiger partial charge in [-0.05, 0) is 18.9 Å². The molecule has 2 rings (SSSR count). The Morgan fingerprint density at radius 1 is 1.27 bits per heavy atom. The molecule has 1 atom stereocenters. The minimum Gasteiger partial charge on any atom is -0.508 e. The normalized spacial score (nSPS) is 21.5. The van der Waals surface area contributed by atoms with Crippen molar-refractivity contribution in [3.63, 3.8) is 0 Å². The molecule has 1 aliphatic rings. The molecule has 0 amide bonds. The molecule has 1 saturated carbocycles. The van der Waals surface area contributed by atoms with E-state index in [9.17, 15) is 9.50 Å². The van der Waals surface area contributed by atoms with E-state index in [4.69, 9.17) is 5.73 Å². The average molecular weight is 209 g/mol. The number of nitrogens with two attached hydrogens (primary N) is 1. The molecule has 1 aromatic rings. The third-order valence-corrected chi connectivity index (χ3v) is 3.25. The van der Waals surface area contributed by atoms with Crippen LogP contribution < -0.4 is 5.73 Å². The average Bonchev–Trinajstić information content (AvgIpc) is 2.66. The van der Waals surface area contributed by atoms with Gasteiger partial charge in [0.05, 0.1) is 5.54 Å². The standard InChI is InChI=1S/C12H16FNO/c13-11(12(14)7-3-4-8-12)9-5-1-2-6-10(9)15/h1-2,5-6,11,15H,3-4,7-8,14H2. The van der Waals surface area contributed by atoms with Gasteiger partial charge >= 0.3 is 0 Å². The zero-order valence-corrected chi connectivity index (χ0v) is 8.62. The van der Waals surface area contributed by atoms with E-state index in [-0.39, 0.29) is 5.75 Å².